The number of hydrogen-bond acceptors (Lipinski definition) is 3. The molecule has 0 unspecified atom stereocenters. The number of fused-ring (bicyclic) bond motifs is 1. The largest absolute Gasteiger partial charge is 0.356 e. The third-order valence-corrected chi connectivity index (χ3v) is 3.71. The molecule has 0 spiro atoms. The van der Waals surface area contributed by atoms with E-state index in [2.05, 4.69) is 33.2 Å². The van der Waals surface area contributed by atoms with Crippen LogP contribution in [0, 0.1) is 5.41 Å². The Balaban J connectivity index is 1.90. The van der Waals surface area contributed by atoms with Crippen LogP contribution >= 0.6 is 0 Å². The van der Waals surface area contributed by atoms with E-state index in [0.29, 0.717) is 6.54 Å². The van der Waals surface area contributed by atoms with E-state index in [1.54, 1.807) is 0 Å². The SMILES string of the molecule is CCCn1c(NCCCNC(=O)C(C)(C)C)nc2ccccc21. The van der Waals surface area contributed by atoms with Crippen LogP contribution in [-0.4, -0.2) is 28.5 Å². The Kier molecular flexibility index (Phi) is 5.64. The van der Waals surface area contributed by atoms with Crippen LogP contribution in [0.3, 0.4) is 0 Å². The van der Waals surface area contributed by atoms with Gasteiger partial charge >= 0.3 is 0 Å². The molecule has 126 valence electrons. The first kappa shape index (κ1) is 17.3. The molecule has 1 amide bonds. The lowest BCUT2D eigenvalue weighted by atomic mass is 9.96. The summed E-state index contributed by atoms with van der Waals surface area (Å²) < 4.78 is 2.23. The van der Waals surface area contributed by atoms with Crippen LogP contribution in [0.4, 0.5) is 5.95 Å². The second-order valence-corrected chi connectivity index (χ2v) is 6.86. The molecule has 0 aliphatic carbocycles. The molecule has 0 fully saturated rings. The summed E-state index contributed by atoms with van der Waals surface area (Å²) in [5.74, 6) is 1.01. The van der Waals surface area contributed by atoms with Gasteiger partial charge in [0.25, 0.3) is 0 Å². The van der Waals surface area contributed by atoms with Gasteiger partial charge in [0.2, 0.25) is 11.9 Å². The Morgan fingerprint density at radius 2 is 1.96 bits per heavy atom. The van der Waals surface area contributed by atoms with Crippen molar-refractivity contribution in [2.75, 3.05) is 18.4 Å². The molecule has 2 aromatic rings. The van der Waals surface area contributed by atoms with Crippen LogP contribution < -0.4 is 10.6 Å². The number of anilines is 1. The molecule has 1 heterocycles. The van der Waals surface area contributed by atoms with Gasteiger partial charge < -0.3 is 15.2 Å². The number of para-hydroxylation sites is 2. The number of rotatable bonds is 7. The van der Waals surface area contributed by atoms with Gasteiger partial charge in [0.1, 0.15) is 0 Å². The number of amides is 1. The van der Waals surface area contributed by atoms with Crippen molar-refractivity contribution in [1.82, 2.24) is 14.9 Å². The Morgan fingerprint density at radius 3 is 2.65 bits per heavy atom. The summed E-state index contributed by atoms with van der Waals surface area (Å²) in [6, 6.07) is 8.20. The van der Waals surface area contributed by atoms with Crippen molar-refractivity contribution < 1.29 is 4.79 Å². The zero-order valence-corrected chi connectivity index (χ0v) is 14.6. The summed E-state index contributed by atoms with van der Waals surface area (Å²) in [6.45, 7) is 10.4. The van der Waals surface area contributed by atoms with Gasteiger partial charge in [-0.2, -0.15) is 0 Å². The van der Waals surface area contributed by atoms with Gasteiger partial charge in [-0.1, -0.05) is 39.8 Å². The summed E-state index contributed by atoms with van der Waals surface area (Å²) >= 11 is 0. The number of aryl methyl sites for hydroxylation is 1. The third kappa shape index (κ3) is 4.47. The van der Waals surface area contributed by atoms with Gasteiger partial charge in [-0.15, -0.1) is 0 Å². The van der Waals surface area contributed by atoms with Gasteiger partial charge in [0.05, 0.1) is 11.0 Å². The van der Waals surface area contributed by atoms with Gasteiger partial charge in [0, 0.05) is 25.0 Å². The molecule has 5 nitrogen and oxygen atoms in total. The second kappa shape index (κ2) is 7.49. The molecule has 2 N–H and O–H groups in total. The molecule has 0 atom stereocenters. The zero-order valence-electron chi connectivity index (χ0n) is 14.6. The van der Waals surface area contributed by atoms with E-state index in [1.807, 2.05) is 39.0 Å². The van der Waals surface area contributed by atoms with Crippen LogP contribution in [0.15, 0.2) is 24.3 Å². The normalized spacial score (nSPS) is 11.7. The number of carbonyl (C=O) groups excluding carboxylic acids is 1. The fraction of sp³-hybridized carbons (Fsp3) is 0.556. The third-order valence-electron chi connectivity index (χ3n) is 3.71. The first-order valence-electron chi connectivity index (χ1n) is 8.41. The minimum Gasteiger partial charge on any atom is -0.356 e. The average molecular weight is 316 g/mol. The summed E-state index contributed by atoms with van der Waals surface area (Å²) in [7, 11) is 0. The minimum absolute atomic E-state index is 0.0933. The number of imidazole rings is 1. The number of nitrogens with zero attached hydrogens (tertiary/aromatic N) is 2. The highest BCUT2D eigenvalue weighted by molar-refractivity contribution is 5.81. The van der Waals surface area contributed by atoms with E-state index in [1.165, 1.54) is 0 Å². The van der Waals surface area contributed by atoms with Crippen LogP contribution in [0.25, 0.3) is 11.0 Å². The number of hydrogen-bond donors (Lipinski definition) is 2. The van der Waals surface area contributed by atoms with Gasteiger partial charge in [-0.25, -0.2) is 4.98 Å². The smallest absolute Gasteiger partial charge is 0.225 e. The predicted octanol–water partition coefficient (Wildman–Crippen LogP) is 3.41. The van der Waals surface area contributed by atoms with Crippen molar-refractivity contribution in [3.63, 3.8) is 0 Å². The Labute approximate surface area is 138 Å². The standard InChI is InChI=1S/C18H28N4O/c1-5-13-22-15-10-7-6-9-14(15)21-17(22)20-12-8-11-19-16(23)18(2,3)4/h6-7,9-10H,5,8,11-13H2,1-4H3,(H,19,23)(H,20,21). The summed E-state index contributed by atoms with van der Waals surface area (Å²) in [5, 5.41) is 6.37. The molecule has 1 aromatic heterocycles. The molecule has 2 rings (SSSR count). The molecule has 0 bridgehead atoms. The minimum atomic E-state index is -0.331. The number of carbonyl (C=O) groups is 1. The van der Waals surface area contributed by atoms with Crippen LogP contribution in [0.5, 0.6) is 0 Å². The maximum absolute atomic E-state index is 11.8. The lowest BCUT2D eigenvalue weighted by molar-refractivity contribution is -0.128. The average Bonchev–Trinajstić information content (AvgIpc) is 2.84. The van der Waals surface area contributed by atoms with Crippen molar-refractivity contribution in [1.29, 1.82) is 0 Å². The van der Waals surface area contributed by atoms with Crippen molar-refractivity contribution in [3.05, 3.63) is 24.3 Å². The lowest BCUT2D eigenvalue weighted by Crippen LogP contribution is -2.35. The molecule has 0 aliphatic rings. The van der Waals surface area contributed by atoms with E-state index < -0.39 is 0 Å². The van der Waals surface area contributed by atoms with Gasteiger partial charge in [0.15, 0.2) is 0 Å². The fourth-order valence-electron chi connectivity index (χ4n) is 2.42. The molecule has 5 heteroatoms. The van der Waals surface area contributed by atoms with Gasteiger partial charge in [-0.05, 0) is 25.0 Å². The maximum Gasteiger partial charge on any atom is 0.225 e. The van der Waals surface area contributed by atoms with E-state index in [4.69, 9.17) is 0 Å². The molecule has 23 heavy (non-hydrogen) atoms. The highest BCUT2D eigenvalue weighted by Crippen LogP contribution is 2.19. The van der Waals surface area contributed by atoms with Crippen molar-refractivity contribution in [2.24, 2.45) is 5.41 Å². The van der Waals surface area contributed by atoms with Crippen molar-refractivity contribution in [2.45, 2.75) is 47.1 Å². The highest BCUT2D eigenvalue weighted by atomic mass is 16.2. The van der Waals surface area contributed by atoms with Crippen LogP contribution in [0.1, 0.15) is 40.5 Å². The topological polar surface area (TPSA) is 59.0 Å². The van der Waals surface area contributed by atoms with Crippen molar-refractivity contribution in [3.8, 4) is 0 Å². The molecule has 1 aromatic carbocycles. The number of aromatic nitrogens is 2. The second-order valence-electron chi connectivity index (χ2n) is 6.86. The fourth-order valence-corrected chi connectivity index (χ4v) is 2.42. The number of nitrogens with one attached hydrogen (secondary N) is 2. The number of benzene rings is 1. The predicted molar refractivity (Wildman–Crippen MR) is 95.6 cm³/mol. The summed E-state index contributed by atoms with van der Waals surface area (Å²) in [6.07, 6.45) is 1.94. The monoisotopic (exact) mass is 316 g/mol. The van der Waals surface area contributed by atoms with E-state index in [-0.39, 0.29) is 11.3 Å². The molecule has 0 radical (unpaired) electrons. The molecular formula is C18H28N4O. The summed E-state index contributed by atoms with van der Waals surface area (Å²) in [5.41, 5.74) is 1.85. The lowest BCUT2D eigenvalue weighted by Gasteiger charge is -2.17. The molecular weight excluding hydrogens is 288 g/mol. The quantitative estimate of drug-likeness (QED) is 0.770. The first-order valence-corrected chi connectivity index (χ1v) is 8.41. The zero-order chi connectivity index (χ0) is 16.9. The van der Waals surface area contributed by atoms with E-state index in [9.17, 15) is 4.79 Å². The molecule has 0 saturated carbocycles. The maximum atomic E-state index is 11.8. The van der Waals surface area contributed by atoms with Crippen molar-refractivity contribution >= 4 is 22.9 Å². The Hall–Kier alpha value is -2.04. The Morgan fingerprint density at radius 1 is 1.22 bits per heavy atom. The van der Waals surface area contributed by atoms with Gasteiger partial charge in [-0.3, -0.25) is 4.79 Å². The Bertz CT molecular complexity index is 655. The van der Waals surface area contributed by atoms with Crippen LogP contribution in [0.2, 0.25) is 0 Å². The molecule has 0 aliphatic heterocycles. The summed E-state index contributed by atoms with van der Waals surface area (Å²) in [4.78, 5) is 16.5. The van der Waals surface area contributed by atoms with E-state index in [0.717, 1.165) is 42.9 Å². The van der Waals surface area contributed by atoms with E-state index >= 15 is 0 Å². The van der Waals surface area contributed by atoms with Crippen LogP contribution in [-0.2, 0) is 11.3 Å². The first-order chi connectivity index (χ1) is 10.9. The molecule has 0 saturated heterocycles. The highest BCUT2D eigenvalue weighted by Gasteiger charge is 2.20.